The summed E-state index contributed by atoms with van der Waals surface area (Å²) in [6, 6.07) is 6.48. The first-order chi connectivity index (χ1) is 8.54. The summed E-state index contributed by atoms with van der Waals surface area (Å²) in [5.74, 6) is -0.332. The van der Waals surface area contributed by atoms with Crippen LogP contribution in [0, 0.1) is 5.82 Å². The van der Waals surface area contributed by atoms with Crippen molar-refractivity contribution in [1.82, 2.24) is 9.80 Å². The number of carbonyl (C=O) groups is 1. The number of hydrogen-bond acceptors (Lipinski definition) is 3. The molecule has 1 rings (SSSR count). The van der Waals surface area contributed by atoms with E-state index in [1.807, 2.05) is 11.9 Å². The van der Waals surface area contributed by atoms with Gasteiger partial charge in [0.05, 0.1) is 6.54 Å². The number of benzene rings is 1. The number of rotatable bonds is 6. The predicted molar refractivity (Wildman–Crippen MR) is 69.4 cm³/mol. The number of likely N-dealkylation sites (N-methyl/N-ethyl adjacent to an activating group) is 2. The fourth-order valence-corrected chi connectivity index (χ4v) is 1.62. The van der Waals surface area contributed by atoms with Crippen LogP contribution in [0.1, 0.15) is 5.56 Å². The maximum Gasteiger partial charge on any atom is 0.236 e. The number of carbonyl (C=O) groups excluding carboxylic acids is 1. The van der Waals surface area contributed by atoms with E-state index in [2.05, 4.69) is 0 Å². The van der Waals surface area contributed by atoms with Gasteiger partial charge in [0.15, 0.2) is 0 Å². The Morgan fingerprint density at radius 3 is 2.61 bits per heavy atom. The molecule has 5 heteroatoms. The van der Waals surface area contributed by atoms with Gasteiger partial charge in [-0.3, -0.25) is 9.69 Å². The summed E-state index contributed by atoms with van der Waals surface area (Å²) < 4.78 is 13.4. The molecule has 0 aliphatic rings. The van der Waals surface area contributed by atoms with Gasteiger partial charge in [0.25, 0.3) is 0 Å². The first-order valence-electron chi connectivity index (χ1n) is 5.90. The minimum atomic E-state index is -0.285. The molecule has 0 unspecified atom stereocenters. The Morgan fingerprint density at radius 2 is 2.00 bits per heavy atom. The number of hydrogen-bond donors (Lipinski definition) is 1. The highest BCUT2D eigenvalue weighted by molar-refractivity contribution is 5.77. The molecule has 100 valence electrons. The lowest BCUT2D eigenvalue weighted by atomic mass is 10.2. The second-order valence-corrected chi connectivity index (χ2v) is 4.37. The van der Waals surface area contributed by atoms with Gasteiger partial charge in [-0.15, -0.1) is 0 Å². The Bertz CT molecular complexity index is 398. The zero-order chi connectivity index (χ0) is 13.5. The van der Waals surface area contributed by atoms with Crippen LogP contribution < -0.4 is 5.73 Å². The maximum absolute atomic E-state index is 13.4. The van der Waals surface area contributed by atoms with Crippen molar-refractivity contribution in [1.29, 1.82) is 0 Å². The summed E-state index contributed by atoms with van der Waals surface area (Å²) in [6.45, 7) is 1.75. The molecule has 0 saturated carbocycles. The third kappa shape index (κ3) is 4.43. The van der Waals surface area contributed by atoms with Crippen LogP contribution in [0.15, 0.2) is 24.3 Å². The van der Waals surface area contributed by atoms with E-state index in [0.717, 1.165) is 0 Å². The van der Waals surface area contributed by atoms with E-state index in [9.17, 15) is 9.18 Å². The predicted octanol–water partition coefficient (Wildman–Crippen LogP) is 0.675. The highest BCUT2D eigenvalue weighted by Gasteiger charge is 2.13. The number of amides is 1. The van der Waals surface area contributed by atoms with Gasteiger partial charge in [0, 0.05) is 32.2 Å². The Balaban J connectivity index is 2.52. The van der Waals surface area contributed by atoms with Crippen LogP contribution in [0.2, 0.25) is 0 Å². The van der Waals surface area contributed by atoms with Crippen molar-refractivity contribution in [2.45, 2.75) is 6.54 Å². The quantitative estimate of drug-likeness (QED) is 0.811. The molecule has 0 aliphatic heterocycles. The summed E-state index contributed by atoms with van der Waals surface area (Å²) >= 11 is 0. The maximum atomic E-state index is 13.4. The molecule has 0 bridgehead atoms. The zero-order valence-electron chi connectivity index (χ0n) is 10.9. The van der Waals surface area contributed by atoms with E-state index in [1.165, 1.54) is 11.0 Å². The number of nitrogens with zero attached hydrogens (tertiary/aromatic N) is 2. The van der Waals surface area contributed by atoms with Gasteiger partial charge in [0.2, 0.25) is 5.91 Å². The molecule has 0 saturated heterocycles. The van der Waals surface area contributed by atoms with E-state index in [-0.39, 0.29) is 18.3 Å². The van der Waals surface area contributed by atoms with Gasteiger partial charge in [-0.2, -0.15) is 0 Å². The van der Waals surface area contributed by atoms with E-state index in [1.54, 1.807) is 25.2 Å². The highest BCUT2D eigenvalue weighted by Crippen LogP contribution is 2.08. The molecule has 0 aliphatic carbocycles. The molecule has 0 radical (unpaired) electrons. The summed E-state index contributed by atoms with van der Waals surface area (Å²) in [5, 5.41) is 0. The molecule has 0 spiro atoms. The SMILES string of the molecule is CN(CCN)CC(=O)N(C)Cc1ccccc1F. The lowest BCUT2D eigenvalue weighted by Crippen LogP contribution is -2.38. The van der Waals surface area contributed by atoms with Crippen molar-refractivity contribution in [3.63, 3.8) is 0 Å². The molecule has 0 fully saturated rings. The lowest BCUT2D eigenvalue weighted by Gasteiger charge is -2.21. The van der Waals surface area contributed by atoms with Crippen molar-refractivity contribution < 1.29 is 9.18 Å². The average Bonchev–Trinajstić information content (AvgIpc) is 2.32. The van der Waals surface area contributed by atoms with Crippen molar-refractivity contribution in [3.05, 3.63) is 35.6 Å². The van der Waals surface area contributed by atoms with Crippen LogP contribution in [-0.2, 0) is 11.3 Å². The Morgan fingerprint density at radius 1 is 1.33 bits per heavy atom. The van der Waals surface area contributed by atoms with Crippen LogP contribution in [-0.4, -0.2) is 49.4 Å². The molecule has 4 nitrogen and oxygen atoms in total. The van der Waals surface area contributed by atoms with Gasteiger partial charge in [-0.25, -0.2) is 4.39 Å². The zero-order valence-corrected chi connectivity index (χ0v) is 10.9. The van der Waals surface area contributed by atoms with Crippen LogP contribution >= 0.6 is 0 Å². The topological polar surface area (TPSA) is 49.6 Å². The third-order valence-corrected chi connectivity index (χ3v) is 2.71. The van der Waals surface area contributed by atoms with Gasteiger partial charge >= 0.3 is 0 Å². The van der Waals surface area contributed by atoms with Crippen LogP contribution in [0.4, 0.5) is 4.39 Å². The van der Waals surface area contributed by atoms with Crippen molar-refractivity contribution in [2.24, 2.45) is 5.73 Å². The minimum absolute atomic E-state index is 0.0470. The van der Waals surface area contributed by atoms with Gasteiger partial charge < -0.3 is 10.6 Å². The number of nitrogens with two attached hydrogens (primary N) is 1. The van der Waals surface area contributed by atoms with E-state index in [4.69, 9.17) is 5.73 Å². The second kappa shape index (κ2) is 7.08. The standard InChI is InChI=1S/C13H20FN3O/c1-16(8-7-15)10-13(18)17(2)9-11-5-3-4-6-12(11)14/h3-6H,7-10,15H2,1-2H3. The van der Waals surface area contributed by atoms with Gasteiger partial charge in [0.1, 0.15) is 5.82 Å². The Kier molecular flexibility index (Phi) is 5.74. The monoisotopic (exact) mass is 253 g/mol. The average molecular weight is 253 g/mol. The van der Waals surface area contributed by atoms with Crippen molar-refractivity contribution in [2.75, 3.05) is 33.7 Å². The Hall–Kier alpha value is -1.46. The fourth-order valence-electron chi connectivity index (χ4n) is 1.62. The molecule has 2 N–H and O–H groups in total. The van der Waals surface area contributed by atoms with Crippen LogP contribution in [0.3, 0.4) is 0 Å². The van der Waals surface area contributed by atoms with E-state index in [0.29, 0.717) is 25.2 Å². The molecule has 0 atom stereocenters. The summed E-state index contributed by atoms with van der Waals surface area (Å²) in [5.41, 5.74) is 5.93. The lowest BCUT2D eigenvalue weighted by molar-refractivity contribution is -0.131. The first kappa shape index (κ1) is 14.6. The molecule has 0 heterocycles. The summed E-state index contributed by atoms with van der Waals surface area (Å²) in [4.78, 5) is 15.2. The van der Waals surface area contributed by atoms with Crippen LogP contribution in [0.5, 0.6) is 0 Å². The Labute approximate surface area is 107 Å². The minimum Gasteiger partial charge on any atom is -0.340 e. The van der Waals surface area contributed by atoms with E-state index < -0.39 is 0 Å². The summed E-state index contributed by atoms with van der Waals surface area (Å²) in [6.07, 6.45) is 0. The van der Waals surface area contributed by atoms with Crippen LogP contribution in [0.25, 0.3) is 0 Å². The largest absolute Gasteiger partial charge is 0.340 e. The highest BCUT2D eigenvalue weighted by atomic mass is 19.1. The first-order valence-corrected chi connectivity index (χ1v) is 5.90. The normalized spacial score (nSPS) is 10.7. The number of halogens is 1. The second-order valence-electron chi connectivity index (χ2n) is 4.37. The van der Waals surface area contributed by atoms with Crippen molar-refractivity contribution in [3.8, 4) is 0 Å². The molecular formula is C13H20FN3O. The fraction of sp³-hybridized carbons (Fsp3) is 0.462. The smallest absolute Gasteiger partial charge is 0.236 e. The van der Waals surface area contributed by atoms with Crippen molar-refractivity contribution >= 4 is 5.91 Å². The molecule has 1 aromatic carbocycles. The molecule has 1 amide bonds. The summed E-state index contributed by atoms with van der Waals surface area (Å²) in [7, 11) is 3.51. The molecular weight excluding hydrogens is 233 g/mol. The van der Waals surface area contributed by atoms with Gasteiger partial charge in [-0.05, 0) is 13.1 Å². The molecule has 0 aromatic heterocycles. The third-order valence-electron chi connectivity index (χ3n) is 2.71. The van der Waals surface area contributed by atoms with E-state index >= 15 is 0 Å². The molecule has 18 heavy (non-hydrogen) atoms. The van der Waals surface area contributed by atoms with Gasteiger partial charge in [-0.1, -0.05) is 18.2 Å². The molecule has 1 aromatic rings.